The van der Waals surface area contributed by atoms with Crippen molar-refractivity contribution in [3.63, 3.8) is 0 Å². The Morgan fingerprint density at radius 3 is 1.41 bits per heavy atom. The van der Waals surface area contributed by atoms with Gasteiger partial charge in [0.05, 0.1) is 39.6 Å². The number of esters is 2. The first kappa shape index (κ1) is 75.5. The lowest BCUT2D eigenvalue weighted by atomic mass is 10.0. The van der Waals surface area contributed by atoms with Gasteiger partial charge < -0.3 is 25.4 Å². The number of unbranched alkanes of at least 4 members (excludes halogenated alkanes) is 22. The van der Waals surface area contributed by atoms with Gasteiger partial charge in [-0.2, -0.15) is 0 Å². The van der Waals surface area contributed by atoms with Crippen molar-refractivity contribution in [2.45, 2.75) is 232 Å². The summed E-state index contributed by atoms with van der Waals surface area (Å²) in [6.07, 6.45) is 34.2. The summed E-state index contributed by atoms with van der Waals surface area (Å²) in [5, 5.41) is 8.19. The minimum Gasteiger partial charge on any atom is -0.462 e. The third-order valence-electron chi connectivity index (χ3n) is 12.8. The molecule has 3 N–H and O–H groups in total. The van der Waals surface area contributed by atoms with Gasteiger partial charge in [-0.3, -0.25) is 51.1 Å². The molecule has 0 aromatic carbocycles. The Morgan fingerprint density at radius 1 is 0.456 bits per heavy atom. The number of nitrogens with one attached hydrogen (secondary N) is 3. The molecule has 0 bridgehead atoms. The maximum absolute atomic E-state index is 14.0. The van der Waals surface area contributed by atoms with Crippen LogP contribution in [0.2, 0.25) is 0 Å². The van der Waals surface area contributed by atoms with Crippen LogP contribution in [0.15, 0.2) is 50.6 Å². The van der Waals surface area contributed by atoms with E-state index < -0.39 is 64.7 Å². The number of hydrogen-bond acceptors (Lipinski definition) is 15. The number of carbonyl (C=O) groups is 5. The summed E-state index contributed by atoms with van der Waals surface area (Å²) in [5.41, 5.74) is 0. The van der Waals surface area contributed by atoms with Crippen LogP contribution in [-0.4, -0.2) is 101 Å². The monoisotopic (exact) mass is 1160 g/mol. The van der Waals surface area contributed by atoms with Gasteiger partial charge in [0.15, 0.2) is 0 Å². The minimum atomic E-state index is -4.49. The van der Waals surface area contributed by atoms with Crippen LogP contribution in [0.4, 0.5) is 0 Å². The number of ether oxygens (including phenoxy) is 2. The molecule has 0 spiro atoms. The molecule has 0 aliphatic heterocycles. The standard InChI is InChI=1S/C59H107N3O15P2/c1-8-15-18-21-23-25-26-28-29-32-35-40-55(63)62-54(58(66)60-43-42-52(38-34-31-20-17-10-3)77-56(64)41-36-33-30-27-24-22-19-16-9-2)51-76-79(69,73-48-14-7)75-50-44-61-57(65)53(59(67)70-45-11-4)39-37-49-74-78(68,71-46-12-5)72-47-13-6/h11-14,52-54H,4-10,15-51H2,1-3H3,(H,60,66)(H,61,65)(H,62,63). The minimum absolute atomic E-state index is 0.0618. The van der Waals surface area contributed by atoms with E-state index in [4.69, 9.17) is 36.6 Å². The predicted molar refractivity (Wildman–Crippen MR) is 314 cm³/mol. The molecule has 0 heterocycles. The van der Waals surface area contributed by atoms with E-state index in [2.05, 4.69) is 63.0 Å². The Morgan fingerprint density at radius 2 is 0.899 bits per heavy atom. The van der Waals surface area contributed by atoms with E-state index in [9.17, 15) is 33.1 Å². The summed E-state index contributed by atoms with van der Waals surface area (Å²) in [6.45, 7) is 18.8. The molecule has 458 valence electrons. The van der Waals surface area contributed by atoms with Crippen molar-refractivity contribution in [1.82, 2.24) is 16.0 Å². The Kier molecular flexibility index (Phi) is 50.3. The van der Waals surface area contributed by atoms with Gasteiger partial charge in [-0.15, -0.1) is 19.7 Å². The van der Waals surface area contributed by atoms with Crippen molar-refractivity contribution in [3.8, 4) is 0 Å². The predicted octanol–water partition coefficient (Wildman–Crippen LogP) is 14.0. The quantitative estimate of drug-likeness (QED) is 0.0169. The molecular formula is C59H107N3O15P2. The van der Waals surface area contributed by atoms with Crippen LogP contribution < -0.4 is 16.0 Å². The summed E-state index contributed by atoms with van der Waals surface area (Å²) < 4.78 is 70.6. The molecule has 0 saturated carbocycles. The number of phosphoric acid groups is 2. The van der Waals surface area contributed by atoms with Gasteiger partial charge >= 0.3 is 27.6 Å². The topological polar surface area (TPSA) is 229 Å². The van der Waals surface area contributed by atoms with Crippen molar-refractivity contribution in [3.05, 3.63) is 50.6 Å². The SMILES string of the molecule is C=CCOC(=O)C(CCCOP(=O)(OCC=C)OCC=C)C(=O)NCCOP(=O)(OCC=C)OCC(NC(=O)CCCCCCCCCCCCC)C(=O)NCCC(CCCCCCC)OC(=O)CCCCCCCCCCC. The van der Waals surface area contributed by atoms with Crippen molar-refractivity contribution in [2.24, 2.45) is 5.92 Å². The second-order valence-electron chi connectivity index (χ2n) is 19.9. The van der Waals surface area contributed by atoms with Gasteiger partial charge in [-0.05, 0) is 38.5 Å². The van der Waals surface area contributed by atoms with E-state index in [1.807, 2.05) is 0 Å². The highest BCUT2D eigenvalue weighted by molar-refractivity contribution is 7.48. The zero-order valence-corrected chi connectivity index (χ0v) is 51.0. The van der Waals surface area contributed by atoms with Gasteiger partial charge in [0.1, 0.15) is 24.7 Å². The zero-order valence-electron chi connectivity index (χ0n) is 49.2. The highest BCUT2D eigenvalue weighted by Gasteiger charge is 2.33. The lowest BCUT2D eigenvalue weighted by Gasteiger charge is -2.23. The van der Waals surface area contributed by atoms with Crippen LogP contribution in [-0.2, 0) is 69.7 Å². The molecule has 0 fully saturated rings. The molecule has 18 nitrogen and oxygen atoms in total. The first-order valence-electron chi connectivity index (χ1n) is 30.0. The van der Waals surface area contributed by atoms with E-state index in [0.717, 1.165) is 77.0 Å². The Bertz CT molecular complexity index is 1720. The lowest BCUT2D eigenvalue weighted by Crippen LogP contribution is -2.49. The molecule has 4 unspecified atom stereocenters. The first-order chi connectivity index (χ1) is 38.3. The molecule has 0 aliphatic carbocycles. The molecular weight excluding hydrogens is 1050 g/mol. The number of amides is 3. The van der Waals surface area contributed by atoms with E-state index >= 15 is 0 Å². The molecule has 20 heteroatoms. The molecule has 0 aromatic rings. The van der Waals surface area contributed by atoms with Crippen molar-refractivity contribution in [2.75, 3.05) is 59.3 Å². The molecule has 0 radical (unpaired) electrons. The molecule has 3 amide bonds. The summed E-state index contributed by atoms with van der Waals surface area (Å²) in [4.78, 5) is 66.7. The fourth-order valence-corrected chi connectivity index (χ4v) is 10.6. The Labute approximate surface area is 477 Å². The third-order valence-corrected chi connectivity index (χ3v) is 15.6. The Balaban J connectivity index is 5.92. The second kappa shape index (κ2) is 52.6. The normalized spacial score (nSPS) is 13.3. The third kappa shape index (κ3) is 43.9. The van der Waals surface area contributed by atoms with Gasteiger partial charge in [0, 0.05) is 32.4 Å². The van der Waals surface area contributed by atoms with Gasteiger partial charge in [0.2, 0.25) is 17.7 Å². The van der Waals surface area contributed by atoms with Gasteiger partial charge in [-0.1, -0.05) is 193 Å². The first-order valence-corrected chi connectivity index (χ1v) is 32.9. The van der Waals surface area contributed by atoms with Crippen molar-refractivity contribution < 1.29 is 69.7 Å². The highest BCUT2D eigenvalue weighted by atomic mass is 31.2. The van der Waals surface area contributed by atoms with Crippen LogP contribution in [0.5, 0.6) is 0 Å². The number of rotatable bonds is 59. The van der Waals surface area contributed by atoms with Crippen molar-refractivity contribution in [1.29, 1.82) is 0 Å². The fraction of sp³-hybridized carbons (Fsp3) is 0.780. The molecule has 79 heavy (non-hydrogen) atoms. The summed E-state index contributed by atoms with van der Waals surface area (Å²) in [7, 11) is -8.48. The van der Waals surface area contributed by atoms with Crippen LogP contribution in [0.1, 0.15) is 220 Å². The summed E-state index contributed by atoms with van der Waals surface area (Å²) in [6, 6.07) is -1.31. The maximum atomic E-state index is 14.0. The second-order valence-corrected chi connectivity index (χ2v) is 23.2. The number of phosphoric ester groups is 2. The zero-order chi connectivity index (χ0) is 58.5. The van der Waals surface area contributed by atoms with E-state index in [0.29, 0.717) is 25.7 Å². The lowest BCUT2D eigenvalue weighted by molar-refractivity contribution is -0.152. The van der Waals surface area contributed by atoms with Crippen molar-refractivity contribution >= 4 is 45.3 Å². The summed E-state index contributed by atoms with van der Waals surface area (Å²) >= 11 is 0. The van der Waals surface area contributed by atoms with Gasteiger partial charge in [0.25, 0.3) is 0 Å². The van der Waals surface area contributed by atoms with Crippen LogP contribution in [0.25, 0.3) is 0 Å². The van der Waals surface area contributed by atoms with E-state index in [1.54, 1.807) is 0 Å². The smallest absolute Gasteiger partial charge is 0.462 e. The van der Waals surface area contributed by atoms with Crippen LogP contribution in [0, 0.1) is 5.92 Å². The van der Waals surface area contributed by atoms with Gasteiger partial charge in [-0.25, -0.2) is 9.13 Å². The molecule has 0 rings (SSSR count). The largest absolute Gasteiger partial charge is 0.475 e. The number of hydrogen-bond donors (Lipinski definition) is 3. The highest BCUT2D eigenvalue weighted by Crippen LogP contribution is 2.50. The molecule has 0 aliphatic rings. The molecule has 4 atom stereocenters. The summed E-state index contributed by atoms with van der Waals surface area (Å²) in [5.74, 6) is -4.17. The average molecular weight is 1160 g/mol. The van der Waals surface area contributed by atoms with Crippen LogP contribution in [0.3, 0.4) is 0 Å². The Hall–Kier alpha value is -3.47. The maximum Gasteiger partial charge on any atom is 0.475 e. The molecule has 0 aromatic heterocycles. The van der Waals surface area contributed by atoms with E-state index in [-0.39, 0.29) is 77.3 Å². The van der Waals surface area contributed by atoms with Crippen LogP contribution >= 0.6 is 15.6 Å². The average Bonchev–Trinajstić information content (AvgIpc) is 3.44. The number of carbonyl (C=O) groups excluding carboxylic acids is 5. The molecule has 0 saturated heterocycles. The fourth-order valence-electron chi connectivity index (χ4n) is 8.28. The van der Waals surface area contributed by atoms with E-state index in [1.165, 1.54) is 101 Å².